The first-order valence-corrected chi connectivity index (χ1v) is 9.41. The van der Waals surface area contributed by atoms with Crippen LogP contribution in [0.3, 0.4) is 0 Å². The van der Waals surface area contributed by atoms with Crippen LogP contribution in [0.1, 0.15) is 19.4 Å². The third kappa shape index (κ3) is 4.99. The maximum Gasteiger partial charge on any atom is 0.175 e. The van der Waals surface area contributed by atoms with Crippen LogP contribution in [0, 0.1) is 0 Å². The van der Waals surface area contributed by atoms with Gasteiger partial charge in [0.25, 0.3) is 0 Å². The van der Waals surface area contributed by atoms with Crippen molar-refractivity contribution in [1.82, 2.24) is 0 Å². The van der Waals surface area contributed by atoms with Crippen LogP contribution in [0.5, 0.6) is 5.75 Å². The van der Waals surface area contributed by atoms with Gasteiger partial charge in [-0.25, -0.2) is 8.42 Å². The number of rotatable bonds is 6. The summed E-state index contributed by atoms with van der Waals surface area (Å²) in [6.07, 6.45) is 1.36. The molecule has 124 valence electrons. The van der Waals surface area contributed by atoms with Gasteiger partial charge in [0.1, 0.15) is 5.75 Å². The van der Waals surface area contributed by atoms with E-state index in [0.29, 0.717) is 11.4 Å². The van der Waals surface area contributed by atoms with E-state index >= 15 is 0 Å². The average Bonchev–Trinajstić information content (AvgIpc) is 2.46. The molecule has 0 N–H and O–H groups in total. The minimum atomic E-state index is -3.16. The van der Waals surface area contributed by atoms with Gasteiger partial charge in [0, 0.05) is 25.5 Å². The summed E-state index contributed by atoms with van der Waals surface area (Å²) in [7, 11) is -1.18. The normalized spacial score (nSPS) is 11.5. The number of anilines is 1. The molecule has 0 spiro atoms. The molecule has 23 heavy (non-hydrogen) atoms. The molecule has 0 unspecified atom stereocenters. The Morgan fingerprint density at radius 3 is 2.30 bits per heavy atom. The average molecular weight is 333 g/mol. The molecule has 0 aliphatic carbocycles. The van der Waals surface area contributed by atoms with E-state index < -0.39 is 9.84 Å². The Kier molecular flexibility index (Phi) is 5.31. The first kappa shape index (κ1) is 17.3. The molecular weight excluding hydrogens is 310 g/mol. The smallest absolute Gasteiger partial charge is 0.175 e. The Morgan fingerprint density at radius 2 is 1.74 bits per heavy atom. The molecule has 0 aliphatic rings. The van der Waals surface area contributed by atoms with Crippen LogP contribution in [0.4, 0.5) is 5.69 Å². The predicted octanol–water partition coefficient (Wildman–Crippen LogP) is 3.51. The van der Waals surface area contributed by atoms with Gasteiger partial charge in [0.2, 0.25) is 0 Å². The number of nitrogens with zero attached hydrogens (tertiary/aromatic N) is 1. The summed E-state index contributed by atoms with van der Waals surface area (Å²) in [5.41, 5.74) is 2.10. The number of hydrogen-bond acceptors (Lipinski definition) is 4. The second kappa shape index (κ2) is 7.04. The Hall–Kier alpha value is -2.01. The van der Waals surface area contributed by atoms with Crippen molar-refractivity contribution < 1.29 is 13.2 Å². The summed E-state index contributed by atoms with van der Waals surface area (Å²) in [5.74, 6) is 0.860. The summed E-state index contributed by atoms with van der Waals surface area (Å²) in [4.78, 5) is 2.41. The summed E-state index contributed by atoms with van der Waals surface area (Å²) in [6, 6.07) is 14.9. The molecule has 0 aromatic heterocycles. The zero-order chi connectivity index (χ0) is 17.0. The van der Waals surface area contributed by atoms with Crippen LogP contribution < -0.4 is 9.64 Å². The molecular formula is C18H23NO3S. The highest BCUT2D eigenvalue weighted by Crippen LogP contribution is 2.21. The van der Waals surface area contributed by atoms with E-state index in [9.17, 15) is 8.42 Å². The zero-order valence-electron chi connectivity index (χ0n) is 14.0. The summed E-state index contributed by atoms with van der Waals surface area (Å²) < 4.78 is 28.7. The first-order valence-electron chi connectivity index (χ1n) is 7.52. The maximum absolute atomic E-state index is 11.5. The fourth-order valence-electron chi connectivity index (χ4n) is 2.30. The quantitative estimate of drug-likeness (QED) is 0.811. The molecule has 0 atom stereocenters. The molecule has 0 amide bonds. The van der Waals surface area contributed by atoms with Crippen molar-refractivity contribution in [3.05, 3.63) is 54.1 Å². The second-order valence-electron chi connectivity index (χ2n) is 5.94. The molecule has 0 fully saturated rings. The Morgan fingerprint density at radius 1 is 1.09 bits per heavy atom. The Labute approximate surface area is 138 Å². The minimum absolute atomic E-state index is 0.145. The Balaban J connectivity index is 2.11. The fourth-order valence-corrected chi connectivity index (χ4v) is 2.93. The van der Waals surface area contributed by atoms with E-state index in [1.54, 1.807) is 12.1 Å². The largest absolute Gasteiger partial charge is 0.491 e. The van der Waals surface area contributed by atoms with Gasteiger partial charge in [-0.2, -0.15) is 0 Å². The summed E-state index contributed by atoms with van der Waals surface area (Å²) in [6.45, 7) is 4.72. The van der Waals surface area contributed by atoms with Gasteiger partial charge >= 0.3 is 0 Å². The maximum atomic E-state index is 11.5. The monoisotopic (exact) mass is 333 g/mol. The predicted molar refractivity (Wildman–Crippen MR) is 93.9 cm³/mol. The summed E-state index contributed by atoms with van der Waals surface area (Å²) >= 11 is 0. The fraction of sp³-hybridized carbons (Fsp3) is 0.333. The van der Waals surface area contributed by atoms with Gasteiger partial charge in [0.15, 0.2) is 9.84 Å². The van der Waals surface area contributed by atoms with Crippen LogP contribution in [0.25, 0.3) is 0 Å². The van der Waals surface area contributed by atoms with E-state index in [1.807, 2.05) is 51.2 Å². The van der Waals surface area contributed by atoms with Crippen LogP contribution in [0.15, 0.2) is 53.4 Å². The van der Waals surface area contributed by atoms with E-state index in [0.717, 1.165) is 17.0 Å². The topological polar surface area (TPSA) is 46.6 Å². The van der Waals surface area contributed by atoms with Crippen LogP contribution in [0.2, 0.25) is 0 Å². The lowest BCUT2D eigenvalue weighted by molar-refractivity contribution is 0.242. The minimum Gasteiger partial charge on any atom is -0.491 e. The van der Waals surface area contributed by atoms with Gasteiger partial charge in [-0.15, -0.1) is 0 Å². The Bertz CT molecular complexity index is 752. The van der Waals surface area contributed by atoms with Crippen molar-refractivity contribution >= 4 is 15.5 Å². The van der Waals surface area contributed by atoms with Crippen molar-refractivity contribution in [2.45, 2.75) is 31.4 Å². The van der Waals surface area contributed by atoms with Crippen molar-refractivity contribution in [3.8, 4) is 5.75 Å². The molecule has 2 aromatic rings. The van der Waals surface area contributed by atoms with E-state index in [-0.39, 0.29) is 6.10 Å². The molecule has 0 saturated heterocycles. The number of benzene rings is 2. The molecule has 0 bridgehead atoms. The molecule has 0 aliphatic heterocycles. The summed E-state index contributed by atoms with van der Waals surface area (Å²) in [5, 5.41) is 0. The molecule has 2 rings (SSSR count). The van der Waals surface area contributed by atoms with Crippen LogP contribution in [-0.2, 0) is 16.4 Å². The van der Waals surface area contributed by atoms with E-state index in [2.05, 4.69) is 11.0 Å². The number of ether oxygens (including phenoxy) is 1. The second-order valence-corrected chi connectivity index (χ2v) is 7.95. The highest BCUT2D eigenvalue weighted by molar-refractivity contribution is 7.90. The molecule has 0 radical (unpaired) electrons. The number of sulfone groups is 1. The lowest BCUT2D eigenvalue weighted by Gasteiger charge is -2.20. The van der Waals surface area contributed by atoms with Gasteiger partial charge in [-0.05, 0) is 55.8 Å². The highest BCUT2D eigenvalue weighted by Gasteiger charge is 2.08. The first-order chi connectivity index (χ1) is 10.8. The molecule has 4 nitrogen and oxygen atoms in total. The molecule has 5 heteroatoms. The molecule has 2 aromatic carbocycles. The van der Waals surface area contributed by atoms with Crippen molar-refractivity contribution in [3.63, 3.8) is 0 Å². The standard InChI is InChI=1S/C18H23NO3S/c1-14(2)22-17-7-5-6-15(12-17)13-19(3)16-8-10-18(11-9-16)23(4,20)21/h5-12,14H,13H2,1-4H3. The third-order valence-corrected chi connectivity index (χ3v) is 4.52. The van der Waals surface area contributed by atoms with Gasteiger partial charge in [-0.3, -0.25) is 0 Å². The lowest BCUT2D eigenvalue weighted by atomic mass is 10.2. The van der Waals surface area contributed by atoms with Crippen LogP contribution >= 0.6 is 0 Å². The molecule has 0 heterocycles. The van der Waals surface area contributed by atoms with Crippen LogP contribution in [-0.4, -0.2) is 27.8 Å². The SMILES string of the molecule is CC(C)Oc1cccc(CN(C)c2ccc(S(C)(=O)=O)cc2)c1. The zero-order valence-corrected chi connectivity index (χ0v) is 14.8. The van der Waals surface area contributed by atoms with Crippen molar-refractivity contribution in [2.24, 2.45) is 0 Å². The third-order valence-electron chi connectivity index (χ3n) is 3.40. The van der Waals surface area contributed by atoms with Crippen molar-refractivity contribution in [1.29, 1.82) is 0 Å². The van der Waals surface area contributed by atoms with E-state index in [1.165, 1.54) is 6.26 Å². The van der Waals surface area contributed by atoms with Gasteiger partial charge in [-0.1, -0.05) is 12.1 Å². The van der Waals surface area contributed by atoms with Gasteiger partial charge in [0.05, 0.1) is 11.0 Å². The van der Waals surface area contributed by atoms with Gasteiger partial charge < -0.3 is 9.64 Å². The number of hydrogen-bond donors (Lipinski definition) is 0. The molecule has 0 saturated carbocycles. The van der Waals surface area contributed by atoms with Crippen molar-refractivity contribution in [2.75, 3.05) is 18.2 Å². The van der Waals surface area contributed by atoms with E-state index in [4.69, 9.17) is 4.74 Å². The lowest BCUT2D eigenvalue weighted by Crippen LogP contribution is -2.16. The highest BCUT2D eigenvalue weighted by atomic mass is 32.2.